The minimum atomic E-state index is 0.273. The van der Waals surface area contributed by atoms with E-state index in [9.17, 15) is 0 Å². The molecule has 0 atom stereocenters. The maximum atomic E-state index is 9.13. The van der Waals surface area contributed by atoms with E-state index in [0.29, 0.717) is 11.4 Å². The molecule has 6 aromatic rings. The average Bonchev–Trinajstić information content (AvgIpc) is 3.14. The fourth-order valence-corrected chi connectivity index (χ4v) is 5.93. The van der Waals surface area contributed by atoms with E-state index in [4.69, 9.17) is 27.0 Å². The van der Waals surface area contributed by atoms with Crippen molar-refractivity contribution in [2.45, 2.75) is 12.8 Å². The largest absolute Gasteiger partial charge is 0.405 e. The summed E-state index contributed by atoms with van der Waals surface area (Å²) in [6, 6.07) is 39.3. The smallest absolute Gasteiger partial charge is 0.141 e. The van der Waals surface area contributed by atoms with E-state index >= 15 is 0 Å². The lowest BCUT2D eigenvalue weighted by atomic mass is 9.89. The molecule has 6 nitrogen and oxygen atoms in total. The number of fused-ring (bicyclic) bond motifs is 2. The molecule has 4 N–H and O–H groups in total. The van der Waals surface area contributed by atoms with Crippen molar-refractivity contribution in [1.82, 2.24) is 9.97 Å². The molecule has 4 aromatic carbocycles. The highest BCUT2D eigenvalue weighted by Crippen LogP contribution is 2.39. The number of benzene rings is 4. The van der Waals surface area contributed by atoms with Crippen molar-refractivity contribution in [1.29, 1.82) is 10.5 Å². The average molecular weight is 621 g/mol. The van der Waals surface area contributed by atoms with Crippen molar-refractivity contribution in [2.75, 3.05) is 0 Å². The van der Waals surface area contributed by atoms with Crippen LogP contribution in [-0.4, -0.2) is 9.97 Å². The van der Waals surface area contributed by atoms with Crippen molar-refractivity contribution in [3.63, 3.8) is 0 Å². The second-order valence-corrected chi connectivity index (χ2v) is 11.1. The third kappa shape index (κ3) is 6.60. The van der Waals surface area contributed by atoms with Gasteiger partial charge in [-0.3, -0.25) is 0 Å². The molecule has 6 rings (SSSR count). The predicted octanol–water partition coefficient (Wildman–Crippen LogP) is 8.86. The second kappa shape index (κ2) is 14.6. The molecule has 0 amide bonds. The Labute approximate surface area is 279 Å². The Bertz CT molecular complexity index is 2350. The molecule has 0 unspecified atom stereocenters. The van der Waals surface area contributed by atoms with E-state index in [1.165, 1.54) is 22.5 Å². The zero-order chi connectivity index (χ0) is 33.3. The van der Waals surface area contributed by atoms with E-state index in [1.807, 2.05) is 42.5 Å². The van der Waals surface area contributed by atoms with Crippen LogP contribution >= 0.6 is 0 Å². The summed E-state index contributed by atoms with van der Waals surface area (Å²) in [6.45, 7) is 0. The number of hydrogen-bond acceptors (Lipinski definition) is 6. The summed E-state index contributed by atoms with van der Waals surface area (Å²) in [6.07, 6.45) is 13.6. The first-order valence-electron chi connectivity index (χ1n) is 15.6. The molecule has 230 valence electrons. The van der Waals surface area contributed by atoms with Crippen LogP contribution in [0.3, 0.4) is 0 Å². The van der Waals surface area contributed by atoms with Crippen molar-refractivity contribution in [3.8, 4) is 34.5 Å². The number of aromatic nitrogens is 2. The van der Waals surface area contributed by atoms with Gasteiger partial charge in [0, 0.05) is 23.0 Å². The maximum absolute atomic E-state index is 9.13. The minimum absolute atomic E-state index is 0.273. The van der Waals surface area contributed by atoms with Crippen LogP contribution in [0.2, 0.25) is 0 Å². The monoisotopic (exact) mass is 620 g/mol. The van der Waals surface area contributed by atoms with Crippen LogP contribution in [0.5, 0.6) is 0 Å². The third-order valence-electron chi connectivity index (χ3n) is 8.20. The van der Waals surface area contributed by atoms with Gasteiger partial charge in [-0.2, -0.15) is 10.5 Å². The maximum Gasteiger partial charge on any atom is 0.141 e. The first kappa shape index (κ1) is 31.2. The van der Waals surface area contributed by atoms with Gasteiger partial charge in [-0.15, -0.1) is 0 Å². The molecule has 0 aliphatic rings. The number of nitrogens with zero attached hydrogens (tertiary/aromatic N) is 4. The summed E-state index contributed by atoms with van der Waals surface area (Å²) in [5.41, 5.74) is 20.6. The van der Waals surface area contributed by atoms with Gasteiger partial charge in [0.25, 0.3) is 0 Å². The molecule has 0 fully saturated rings. The first-order valence-corrected chi connectivity index (χ1v) is 15.6. The molecule has 0 radical (unpaired) electrons. The summed E-state index contributed by atoms with van der Waals surface area (Å²) in [7, 11) is 0. The Morgan fingerprint density at radius 3 is 2.19 bits per heavy atom. The van der Waals surface area contributed by atoms with Crippen molar-refractivity contribution < 1.29 is 0 Å². The third-order valence-corrected chi connectivity index (χ3v) is 8.20. The van der Waals surface area contributed by atoms with Gasteiger partial charge < -0.3 is 11.5 Å². The summed E-state index contributed by atoms with van der Waals surface area (Å²) in [5, 5.41) is 22.9. The topological polar surface area (TPSA) is 125 Å². The van der Waals surface area contributed by atoms with E-state index in [0.717, 1.165) is 56.4 Å². The molecular formula is C42H32N6. The van der Waals surface area contributed by atoms with Crippen molar-refractivity contribution in [3.05, 3.63) is 168 Å². The van der Waals surface area contributed by atoms with E-state index < -0.39 is 0 Å². The Kier molecular flexibility index (Phi) is 9.47. The molecule has 2 heterocycles. The van der Waals surface area contributed by atoms with Gasteiger partial charge in [-0.05, 0) is 92.8 Å². The van der Waals surface area contributed by atoms with Crippen LogP contribution < -0.4 is 11.5 Å². The summed E-state index contributed by atoms with van der Waals surface area (Å²) >= 11 is 0. The lowest BCUT2D eigenvalue weighted by Gasteiger charge is -2.15. The second-order valence-electron chi connectivity index (χ2n) is 11.1. The number of rotatable bonds is 9. The molecule has 0 bridgehead atoms. The van der Waals surface area contributed by atoms with Gasteiger partial charge >= 0.3 is 0 Å². The molecule has 0 aliphatic heterocycles. The van der Waals surface area contributed by atoms with Gasteiger partial charge in [0.05, 0.1) is 23.9 Å². The van der Waals surface area contributed by atoms with Gasteiger partial charge in [0.2, 0.25) is 0 Å². The van der Waals surface area contributed by atoms with Crippen LogP contribution in [0.15, 0.2) is 146 Å². The molecule has 0 saturated carbocycles. The van der Waals surface area contributed by atoms with Crippen LogP contribution in [-0.2, 0) is 6.42 Å². The van der Waals surface area contributed by atoms with Crippen molar-refractivity contribution in [2.24, 2.45) is 11.5 Å². The lowest BCUT2D eigenvalue weighted by Crippen LogP contribution is -1.97. The zero-order valence-corrected chi connectivity index (χ0v) is 26.2. The molecule has 0 spiro atoms. The normalized spacial score (nSPS) is 12.1. The van der Waals surface area contributed by atoms with Crippen LogP contribution in [0, 0.1) is 22.7 Å². The number of nitriles is 2. The highest BCUT2D eigenvalue weighted by Gasteiger charge is 2.14. The Morgan fingerprint density at radius 2 is 1.46 bits per heavy atom. The summed E-state index contributed by atoms with van der Waals surface area (Å²) in [4.78, 5) is 8.99. The summed E-state index contributed by atoms with van der Waals surface area (Å²) in [5.74, 6) is 0. The standard InChI is InChI=1S/C42H32N6/c43-24-8-10-30(22-25-44)41-16-7-17-42(48-41)39-21-20-38(35-13-4-5-14-36(35)39)37-19-18-29(33-11-2-3-12-34(33)37)9-1-6-15-40(46)31-23-26-47-32(27-31)28-45/h1-7,10-23,25-27H,8-9,44,46H2/b6-1-,25-22-,30-10+,40-15-. The van der Waals surface area contributed by atoms with Gasteiger partial charge in [0.1, 0.15) is 11.8 Å². The van der Waals surface area contributed by atoms with Crippen LogP contribution in [0.4, 0.5) is 0 Å². The number of pyridine rings is 2. The number of nitrogens with two attached hydrogens (primary N) is 2. The van der Waals surface area contributed by atoms with E-state index in [1.54, 1.807) is 24.4 Å². The van der Waals surface area contributed by atoms with E-state index in [-0.39, 0.29) is 6.42 Å². The first-order chi connectivity index (χ1) is 23.6. The molecular weight excluding hydrogens is 589 g/mol. The quantitative estimate of drug-likeness (QED) is 0.156. The fraction of sp³-hybridized carbons (Fsp3) is 0.0476. The van der Waals surface area contributed by atoms with Crippen molar-refractivity contribution >= 4 is 32.8 Å². The van der Waals surface area contributed by atoms with Crippen LogP contribution in [0.25, 0.3) is 55.2 Å². The minimum Gasteiger partial charge on any atom is -0.405 e. The number of hydrogen-bond donors (Lipinski definition) is 2. The SMILES string of the molecule is N#CC/C=C(\C=C/N)c1cccc(-c2ccc(-c3ccc(C/C=C\C=C(/N)c4ccnc(C#N)c4)c4ccccc34)c3ccccc23)n1. The molecule has 6 heteroatoms. The van der Waals surface area contributed by atoms with Gasteiger partial charge in [-0.1, -0.05) is 97.1 Å². The highest BCUT2D eigenvalue weighted by molar-refractivity contribution is 6.09. The zero-order valence-electron chi connectivity index (χ0n) is 26.2. The Morgan fingerprint density at radius 1 is 0.771 bits per heavy atom. The fourth-order valence-electron chi connectivity index (χ4n) is 5.93. The van der Waals surface area contributed by atoms with Gasteiger partial charge in [-0.25, -0.2) is 9.97 Å². The molecule has 2 aromatic heterocycles. The molecule has 0 saturated heterocycles. The Balaban J connectivity index is 1.35. The van der Waals surface area contributed by atoms with Gasteiger partial charge in [0.15, 0.2) is 0 Å². The number of allylic oxidation sites excluding steroid dienone is 6. The molecule has 0 aliphatic carbocycles. The predicted molar refractivity (Wildman–Crippen MR) is 196 cm³/mol. The highest BCUT2D eigenvalue weighted by atomic mass is 14.7. The molecule has 48 heavy (non-hydrogen) atoms. The summed E-state index contributed by atoms with van der Waals surface area (Å²) < 4.78 is 0. The lowest BCUT2D eigenvalue weighted by molar-refractivity contribution is 1.25. The van der Waals surface area contributed by atoms with Crippen LogP contribution in [0.1, 0.15) is 28.9 Å². The Hall–Kier alpha value is -6.76. The van der Waals surface area contributed by atoms with E-state index in [2.05, 4.69) is 89.9 Å².